The van der Waals surface area contributed by atoms with Gasteiger partial charge in [-0.25, -0.2) is 0 Å². The second kappa shape index (κ2) is 6.38. The lowest BCUT2D eigenvalue weighted by Crippen LogP contribution is -2.35. The van der Waals surface area contributed by atoms with Crippen LogP contribution < -0.4 is 11.3 Å². The highest BCUT2D eigenvalue weighted by molar-refractivity contribution is 5.14. The van der Waals surface area contributed by atoms with Gasteiger partial charge in [0.1, 0.15) is 0 Å². The molecule has 0 saturated carbocycles. The number of nitrogens with one attached hydrogen (secondary N) is 1. The van der Waals surface area contributed by atoms with E-state index in [0.717, 1.165) is 19.3 Å². The topological polar surface area (TPSA) is 38.0 Å². The van der Waals surface area contributed by atoms with Crippen molar-refractivity contribution in [3.05, 3.63) is 48.0 Å². The normalized spacial score (nSPS) is 12.4. The highest BCUT2D eigenvalue weighted by Crippen LogP contribution is 2.09. The van der Waals surface area contributed by atoms with Gasteiger partial charge < -0.3 is 0 Å². The molecule has 0 saturated heterocycles. The number of benzene rings is 1. The number of hydrazine groups is 1. The summed E-state index contributed by atoms with van der Waals surface area (Å²) in [5, 5.41) is 0. The third kappa shape index (κ3) is 4.77. The zero-order chi connectivity index (χ0) is 11.1. The van der Waals surface area contributed by atoms with Crippen molar-refractivity contribution >= 4 is 0 Å². The van der Waals surface area contributed by atoms with E-state index < -0.39 is 0 Å². The van der Waals surface area contributed by atoms with E-state index in [4.69, 9.17) is 5.84 Å². The zero-order valence-corrected chi connectivity index (χ0v) is 9.37. The molecule has 0 aliphatic heterocycles. The molecule has 1 aromatic carbocycles. The molecule has 0 spiro atoms. The van der Waals surface area contributed by atoms with Gasteiger partial charge in [-0.1, -0.05) is 35.9 Å². The average Bonchev–Trinajstić information content (AvgIpc) is 2.25. The van der Waals surface area contributed by atoms with E-state index in [0.29, 0.717) is 6.04 Å². The lowest BCUT2D eigenvalue weighted by atomic mass is 10.0. The molecule has 1 aromatic rings. The first kappa shape index (κ1) is 12.0. The molecule has 1 rings (SSSR count). The number of aryl methyl sites for hydroxylation is 1. The van der Waals surface area contributed by atoms with Crippen molar-refractivity contribution in [1.29, 1.82) is 0 Å². The number of hydrogen-bond acceptors (Lipinski definition) is 2. The molecule has 2 heteroatoms. The minimum atomic E-state index is 0.336. The predicted octanol–water partition coefficient (Wildman–Crippen LogP) is 2.42. The van der Waals surface area contributed by atoms with Crippen LogP contribution in [0, 0.1) is 0 Å². The molecule has 82 valence electrons. The van der Waals surface area contributed by atoms with Crippen LogP contribution in [0.1, 0.15) is 25.3 Å². The van der Waals surface area contributed by atoms with Gasteiger partial charge in [0.15, 0.2) is 0 Å². The largest absolute Gasteiger partial charge is 0.271 e. The van der Waals surface area contributed by atoms with Crippen molar-refractivity contribution < 1.29 is 0 Å². The monoisotopic (exact) mass is 204 g/mol. The van der Waals surface area contributed by atoms with Gasteiger partial charge in [-0.2, -0.15) is 0 Å². The SMILES string of the molecule is C=C(C)CC(CCc1ccccc1)NN. The lowest BCUT2D eigenvalue weighted by Gasteiger charge is -2.15. The molecule has 0 heterocycles. The van der Waals surface area contributed by atoms with Crippen LogP contribution in [0.2, 0.25) is 0 Å². The second-order valence-corrected chi connectivity index (χ2v) is 4.05. The van der Waals surface area contributed by atoms with E-state index in [1.165, 1.54) is 11.1 Å². The maximum atomic E-state index is 5.49. The summed E-state index contributed by atoms with van der Waals surface area (Å²) in [6, 6.07) is 10.8. The number of rotatable bonds is 6. The van der Waals surface area contributed by atoms with Gasteiger partial charge in [-0.05, 0) is 31.7 Å². The van der Waals surface area contributed by atoms with Crippen LogP contribution in [-0.4, -0.2) is 6.04 Å². The quantitative estimate of drug-likeness (QED) is 0.424. The summed E-state index contributed by atoms with van der Waals surface area (Å²) in [6.07, 6.45) is 3.06. The Labute approximate surface area is 92.2 Å². The van der Waals surface area contributed by atoms with Crippen LogP contribution in [0.15, 0.2) is 42.5 Å². The third-order valence-electron chi connectivity index (χ3n) is 2.45. The average molecular weight is 204 g/mol. The van der Waals surface area contributed by atoms with Crippen molar-refractivity contribution in [2.75, 3.05) is 0 Å². The van der Waals surface area contributed by atoms with Crippen LogP contribution >= 0.6 is 0 Å². The van der Waals surface area contributed by atoms with Crippen LogP contribution in [0.4, 0.5) is 0 Å². The Balaban J connectivity index is 2.37. The summed E-state index contributed by atoms with van der Waals surface area (Å²) in [6.45, 7) is 5.94. The van der Waals surface area contributed by atoms with Crippen molar-refractivity contribution in [3.8, 4) is 0 Å². The Kier molecular flexibility index (Phi) is 5.08. The Morgan fingerprint density at radius 1 is 1.40 bits per heavy atom. The van der Waals surface area contributed by atoms with Crippen LogP contribution in [0.3, 0.4) is 0 Å². The van der Waals surface area contributed by atoms with Crippen molar-refractivity contribution in [2.24, 2.45) is 5.84 Å². The highest BCUT2D eigenvalue weighted by Gasteiger charge is 2.06. The maximum Gasteiger partial charge on any atom is 0.0250 e. The number of nitrogens with two attached hydrogens (primary N) is 1. The molecule has 0 aromatic heterocycles. The van der Waals surface area contributed by atoms with E-state index in [1.807, 2.05) is 13.0 Å². The molecule has 0 amide bonds. The van der Waals surface area contributed by atoms with E-state index in [1.54, 1.807) is 0 Å². The van der Waals surface area contributed by atoms with Gasteiger partial charge in [0.25, 0.3) is 0 Å². The van der Waals surface area contributed by atoms with Gasteiger partial charge >= 0.3 is 0 Å². The molecule has 1 atom stereocenters. The lowest BCUT2D eigenvalue weighted by molar-refractivity contribution is 0.490. The summed E-state index contributed by atoms with van der Waals surface area (Å²) in [7, 11) is 0. The van der Waals surface area contributed by atoms with Crippen LogP contribution in [-0.2, 0) is 6.42 Å². The molecule has 15 heavy (non-hydrogen) atoms. The standard InChI is InChI=1S/C13H20N2/c1-11(2)10-13(15-14)9-8-12-6-4-3-5-7-12/h3-7,13,15H,1,8-10,14H2,2H3. The van der Waals surface area contributed by atoms with Crippen LogP contribution in [0.25, 0.3) is 0 Å². The van der Waals surface area contributed by atoms with Gasteiger partial charge in [-0.3, -0.25) is 11.3 Å². The van der Waals surface area contributed by atoms with Crippen molar-refractivity contribution in [3.63, 3.8) is 0 Å². The minimum Gasteiger partial charge on any atom is -0.271 e. The van der Waals surface area contributed by atoms with Crippen LogP contribution in [0.5, 0.6) is 0 Å². The Bertz CT molecular complexity index is 293. The van der Waals surface area contributed by atoms with Gasteiger partial charge in [0.2, 0.25) is 0 Å². The smallest absolute Gasteiger partial charge is 0.0250 e. The molecule has 2 nitrogen and oxygen atoms in total. The van der Waals surface area contributed by atoms with E-state index >= 15 is 0 Å². The second-order valence-electron chi connectivity index (χ2n) is 4.05. The maximum absolute atomic E-state index is 5.49. The van der Waals surface area contributed by atoms with E-state index in [-0.39, 0.29) is 0 Å². The molecular weight excluding hydrogens is 184 g/mol. The Morgan fingerprint density at radius 2 is 2.07 bits per heavy atom. The third-order valence-corrected chi connectivity index (χ3v) is 2.45. The summed E-state index contributed by atoms with van der Waals surface area (Å²) < 4.78 is 0. The molecule has 3 N–H and O–H groups in total. The van der Waals surface area contributed by atoms with E-state index in [2.05, 4.69) is 36.3 Å². The summed E-state index contributed by atoms with van der Waals surface area (Å²) in [5.41, 5.74) is 5.38. The predicted molar refractivity (Wildman–Crippen MR) is 65.3 cm³/mol. The molecule has 0 radical (unpaired) electrons. The fourth-order valence-corrected chi connectivity index (χ4v) is 1.65. The number of hydrogen-bond donors (Lipinski definition) is 2. The zero-order valence-electron chi connectivity index (χ0n) is 9.37. The molecule has 1 unspecified atom stereocenters. The highest BCUT2D eigenvalue weighted by atomic mass is 15.2. The summed E-state index contributed by atoms with van der Waals surface area (Å²) in [4.78, 5) is 0. The van der Waals surface area contributed by atoms with Crippen molar-refractivity contribution in [2.45, 2.75) is 32.2 Å². The first-order valence-electron chi connectivity index (χ1n) is 5.37. The minimum absolute atomic E-state index is 0.336. The Morgan fingerprint density at radius 3 is 2.60 bits per heavy atom. The Hall–Kier alpha value is -1.12. The van der Waals surface area contributed by atoms with Gasteiger partial charge in [0, 0.05) is 6.04 Å². The molecule has 0 aliphatic carbocycles. The van der Waals surface area contributed by atoms with E-state index in [9.17, 15) is 0 Å². The van der Waals surface area contributed by atoms with Gasteiger partial charge in [-0.15, -0.1) is 6.58 Å². The molecule has 0 bridgehead atoms. The summed E-state index contributed by atoms with van der Waals surface area (Å²) >= 11 is 0. The summed E-state index contributed by atoms with van der Waals surface area (Å²) in [5.74, 6) is 5.49. The molecule has 0 fully saturated rings. The fourth-order valence-electron chi connectivity index (χ4n) is 1.65. The first-order valence-corrected chi connectivity index (χ1v) is 5.37. The first-order chi connectivity index (χ1) is 7.22. The fraction of sp³-hybridized carbons (Fsp3) is 0.385. The van der Waals surface area contributed by atoms with Crippen molar-refractivity contribution in [1.82, 2.24) is 5.43 Å². The molecular formula is C13H20N2. The van der Waals surface area contributed by atoms with Gasteiger partial charge in [0.05, 0.1) is 0 Å². The molecule has 0 aliphatic rings.